The van der Waals surface area contributed by atoms with Gasteiger partial charge in [-0.2, -0.15) is 0 Å². The van der Waals surface area contributed by atoms with E-state index in [4.69, 9.17) is 14.4 Å². The molecule has 0 saturated carbocycles. The lowest BCUT2D eigenvalue weighted by atomic mass is 10.0. The van der Waals surface area contributed by atoms with Crippen molar-refractivity contribution >= 4 is 75.3 Å². The summed E-state index contributed by atoms with van der Waals surface area (Å²) in [6.45, 7) is 0. The molecule has 0 N–H and O–H groups in total. The van der Waals surface area contributed by atoms with Gasteiger partial charge in [-0.05, 0) is 65.7 Å². The number of furan rings is 1. The summed E-state index contributed by atoms with van der Waals surface area (Å²) in [6.07, 6.45) is 0. The smallest absolute Gasteiger partial charge is 0.135 e. The van der Waals surface area contributed by atoms with E-state index in [2.05, 4.69) is 121 Å². The largest absolute Gasteiger partial charge is 0.456 e. The van der Waals surface area contributed by atoms with Gasteiger partial charge in [0.1, 0.15) is 11.2 Å². The number of benzene rings is 6. The average Bonchev–Trinajstić information content (AvgIpc) is 3.69. The molecule has 4 heterocycles. The van der Waals surface area contributed by atoms with Gasteiger partial charge in [-0.25, -0.2) is 9.97 Å². The fraction of sp³-hybridized carbons (Fsp3) is 0. The Kier molecular flexibility index (Phi) is 5.45. The number of fused-ring (bicyclic) bond motifs is 9. The normalized spacial score (nSPS) is 11.9. The Labute approximate surface area is 268 Å². The second-order valence-corrected chi connectivity index (χ2v) is 12.9. The van der Waals surface area contributed by atoms with Crippen LogP contribution in [0, 0.1) is 0 Å². The topological polar surface area (TPSA) is 38.9 Å². The van der Waals surface area contributed by atoms with Crippen molar-refractivity contribution < 1.29 is 4.42 Å². The van der Waals surface area contributed by atoms with Crippen molar-refractivity contribution in [1.29, 1.82) is 0 Å². The fourth-order valence-electron chi connectivity index (χ4n) is 6.71. The van der Waals surface area contributed by atoms with Crippen LogP contribution in [0.3, 0.4) is 0 Å². The molecule has 46 heavy (non-hydrogen) atoms. The number of hydrogen-bond acceptors (Lipinski definition) is 4. The van der Waals surface area contributed by atoms with Gasteiger partial charge in [0.05, 0.1) is 22.4 Å². The molecule has 0 radical (unpaired) electrons. The molecule has 0 amide bonds. The minimum Gasteiger partial charge on any atom is -0.456 e. The summed E-state index contributed by atoms with van der Waals surface area (Å²) >= 11 is 1.85. The molecule has 0 spiro atoms. The lowest BCUT2D eigenvalue weighted by molar-refractivity contribution is 0.669. The van der Waals surface area contributed by atoms with Crippen molar-refractivity contribution in [3.8, 4) is 33.6 Å². The number of rotatable bonds is 3. The highest BCUT2D eigenvalue weighted by Crippen LogP contribution is 2.37. The van der Waals surface area contributed by atoms with Crippen LogP contribution < -0.4 is 0 Å². The Morgan fingerprint density at radius 3 is 1.76 bits per heavy atom. The molecule has 4 heteroatoms. The number of thiophene rings is 1. The second kappa shape index (κ2) is 9.83. The van der Waals surface area contributed by atoms with E-state index in [0.717, 1.165) is 66.3 Å². The van der Waals surface area contributed by atoms with E-state index in [1.807, 2.05) is 35.6 Å². The van der Waals surface area contributed by atoms with E-state index >= 15 is 0 Å². The first-order valence-electron chi connectivity index (χ1n) is 15.4. The first-order valence-corrected chi connectivity index (χ1v) is 16.2. The minimum absolute atomic E-state index is 0.883. The van der Waals surface area contributed by atoms with Gasteiger partial charge in [0.25, 0.3) is 0 Å². The summed E-state index contributed by atoms with van der Waals surface area (Å²) < 4.78 is 8.71. The number of hydrogen-bond donors (Lipinski definition) is 0. The molecule has 0 fully saturated rings. The first kappa shape index (κ1) is 25.5. The molecular formula is C42H24N2OS. The van der Waals surface area contributed by atoms with E-state index in [1.54, 1.807) is 0 Å². The fourth-order valence-corrected chi connectivity index (χ4v) is 7.80. The average molecular weight is 605 g/mol. The van der Waals surface area contributed by atoms with Crippen molar-refractivity contribution in [3.05, 3.63) is 146 Å². The molecule has 10 aromatic rings. The second-order valence-electron chi connectivity index (χ2n) is 11.8. The standard InChI is InChI=1S/C42H24N2OS/c1-3-7-37-31(5-1)33-24-30(17-21-38(33)45-37)36-20-16-28-14-13-27-15-19-35(43-41(27)42(28)44-36)26-11-9-25(10-12-26)29-18-22-40-34(23-29)32-6-2-4-8-39(32)46-40/h1-24H. The van der Waals surface area contributed by atoms with Crippen LogP contribution in [0.4, 0.5) is 0 Å². The molecular weight excluding hydrogens is 581 g/mol. The number of pyridine rings is 2. The third-order valence-corrected chi connectivity index (χ3v) is 10.2. The van der Waals surface area contributed by atoms with Gasteiger partial charge in [-0.1, -0.05) is 91.0 Å². The minimum atomic E-state index is 0.883. The molecule has 0 aliphatic carbocycles. The van der Waals surface area contributed by atoms with Gasteiger partial charge < -0.3 is 4.42 Å². The molecule has 0 aliphatic rings. The summed E-state index contributed by atoms with van der Waals surface area (Å²) in [4.78, 5) is 10.4. The van der Waals surface area contributed by atoms with Crippen molar-refractivity contribution in [2.75, 3.05) is 0 Å². The van der Waals surface area contributed by atoms with Crippen LogP contribution in [0.25, 0.3) is 97.6 Å². The monoisotopic (exact) mass is 604 g/mol. The highest BCUT2D eigenvalue weighted by atomic mass is 32.1. The Balaban J connectivity index is 1.04. The van der Waals surface area contributed by atoms with Gasteiger partial charge in [0.15, 0.2) is 0 Å². The summed E-state index contributed by atoms with van der Waals surface area (Å²) in [7, 11) is 0. The van der Waals surface area contributed by atoms with Crippen LogP contribution in [-0.2, 0) is 0 Å². The number of aromatic nitrogens is 2. The van der Waals surface area contributed by atoms with Crippen molar-refractivity contribution in [1.82, 2.24) is 9.97 Å². The van der Waals surface area contributed by atoms with Gasteiger partial charge in [-0.15, -0.1) is 11.3 Å². The van der Waals surface area contributed by atoms with Gasteiger partial charge in [0, 0.05) is 52.8 Å². The van der Waals surface area contributed by atoms with Crippen molar-refractivity contribution in [2.24, 2.45) is 0 Å². The van der Waals surface area contributed by atoms with Crippen molar-refractivity contribution in [3.63, 3.8) is 0 Å². The predicted octanol–water partition coefficient (Wildman–Crippen LogP) is 12.1. The maximum Gasteiger partial charge on any atom is 0.135 e. The zero-order chi connectivity index (χ0) is 30.2. The van der Waals surface area contributed by atoms with Crippen molar-refractivity contribution in [2.45, 2.75) is 0 Å². The van der Waals surface area contributed by atoms with Gasteiger partial charge in [0.2, 0.25) is 0 Å². The highest BCUT2D eigenvalue weighted by Gasteiger charge is 2.12. The highest BCUT2D eigenvalue weighted by molar-refractivity contribution is 7.25. The van der Waals surface area contributed by atoms with E-state index < -0.39 is 0 Å². The van der Waals surface area contributed by atoms with Gasteiger partial charge >= 0.3 is 0 Å². The maximum atomic E-state index is 6.06. The summed E-state index contributed by atoms with van der Waals surface area (Å²) in [5.74, 6) is 0. The molecule has 0 bridgehead atoms. The van der Waals surface area contributed by atoms with Crippen LogP contribution in [0.5, 0.6) is 0 Å². The summed E-state index contributed by atoms with van der Waals surface area (Å²) in [5.41, 5.74) is 10.00. The van der Waals surface area contributed by atoms with Crippen LogP contribution >= 0.6 is 11.3 Å². The third-order valence-electron chi connectivity index (χ3n) is 9.08. The molecule has 3 nitrogen and oxygen atoms in total. The molecule has 6 aromatic carbocycles. The van der Waals surface area contributed by atoms with E-state index in [1.165, 1.54) is 31.3 Å². The van der Waals surface area contributed by atoms with Crippen LogP contribution in [-0.4, -0.2) is 9.97 Å². The van der Waals surface area contributed by atoms with Crippen LogP contribution in [0.2, 0.25) is 0 Å². The molecule has 0 aliphatic heterocycles. The molecule has 0 unspecified atom stereocenters. The van der Waals surface area contributed by atoms with E-state index in [0.29, 0.717) is 0 Å². The molecule has 10 rings (SSSR count). The van der Waals surface area contributed by atoms with Crippen LogP contribution in [0.1, 0.15) is 0 Å². The number of nitrogens with zero attached hydrogens (tertiary/aromatic N) is 2. The lowest BCUT2D eigenvalue weighted by Gasteiger charge is -2.09. The van der Waals surface area contributed by atoms with E-state index in [9.17, 15) is 0 Å². The lowest BCUT2D eigenvalue weighted by Crippen LogP contribution is -1.91. The quantitative estimate of drug-likeness (QED) is 0.188. The molecule has 214 valence electrons. The summed E-state index contributed by atoms with van der Waals surface area (Å²) in [5, 5.41) is 6.99. The maximum absolute atomic E-state index is 6.06. The summed E-state index contributed by atoms with van der Waals surface area (Å²) in [6, 6.07) is 51.4. The molecule has 0 atom stereocenters. The Morgan fingerprint density at radius 2 is 0.957 bits per heavy atom. The first-order chi connectivity index (χ1) is 22.7. The Morgan fingerprint density at radius 1 is 0.391 bits per heavy atom. The zero-order valence-corrected chi connectivity index (χ0v) is 25.4. The zero-order valence-electron chi connectivity index (χ0n) is 24.6. The Hall–Kier alpha value is -5.84. The molecule has 4 aromatic heterocycles. The third kappa shape index (κ3) is 3.97. The Bertz CT molecular complexity index is 2810. The van der Waals surface area contributed by atoms with Crippen LogP contribution in [0.15, 0.2) is 150 Å². The molecule has 0 saturated heterocycles. The van der Waals surface area contributed by atoms with Gasteiger partial charge in [-0.3, -0.25) is 0 Å². The number of para-hydroxylation sites is 1. The SMILES string of the molecule is c1ccc2c(c1)oc1ccc(-c3ccc4ccc5ccc(-c6ccc(-c7ccc8sc9ccccc9c8c7)cc6)nc5c4n3)cc12. The van der Waals surface area contributed by atoms with E-state index in [-0.39, 0.29) is 0 Å². The predicted molar refractivity (Wildman–Crippen MR) is 194 cm³/mol.